The van der Waals surface area contributed by atoms with Gasteiger partial charge in [-0.15, -0.1) is 24.5 Å². The Morgan fingerprint density at radius 3 is 2.32 bits per heavy atom. The van der Waals surface area contributed by atoms with Gasteiger partial charge in [-0.3, -0.25) is 14.4 Å². The van der Waals surface area contributed by atoms with Crippen LogP contribution in [0.4, 0.5) is 22.6 Å². The maximum Gasteiger partial charge on any atom is 0.573 e. The lowest BCUT2D eigenvalue weighted by atomic mass is 10.1. The summed E-state index contributed by atoms with van der Waals surface area (Å²) in [5, 5.41) is 2.48. The lowest BCUT2D eigenvalue weighted by Crippen LogP contribution is -2.41. The maximum atomic E-state index is 14.2. The number of ether oxygens (including phenoxy) is 2. The summed E-state index contributed by atoms with van der Waals surface area (Å²) in [7, 11) is 0. The number of benzene rings is 1. The minimum atomic E-state index is -4.96. The number of amides is 2. The number of rotatable bonds is 7. The molecular weight excluding hydrogens is 464 g/mol. The molecular formula is C18H16F4N2O5S2. The first-order valence-electron chi connectivity index (χ1n) is 8.36. The van der Waals surface area contributed by atoms with Crippen LogP contribution in [-0.4, -0.2) is 29.7 Å². The van der Waals surface area contributed by atoms with Crippen LogP contribution in [0.5, 0.6) is 5.75 Å². The van der Waals surface area contributed by atoms with Gasteiger partial charge in [0.1, 0.15) is 16.6 Å². The SMILES string of the molecule is CC(=O)OC(C)(C)C(=O)Nc1sc(Sc2ccc(OC(F)(F)F)cc2F)cc1C(N)=O. The third-order valence-corrected chi connectivity index (χ3v) is 5.71. The van der Waals surface area contributed by atoms with Gasteiger partial charge in [0.2, 0.25) is 0 Å². The first-order chi connectivity index (χ1) is 14.2. The van der Waals surface area contributed by atoms with E-state index in [1.54, 1.807) is 0 Å². The topological polar surface area (TPSA) is 108 Å². The summed E-state index contributed by atoms with van der Waals surface area (Å²) in [6, 6.07) is 3.88. The second kappa shape index (κ2) is 9.14. The molecule has 0 unspecified atom stereocenters. The van der Waals surface area contributed by atoms with Crippen molar-refractivity contribution in [3.63, 3.8) is 0 Å². The molecule has 0 aliphatic heterocycles. The first-order valence-corrected chi connectivity index (χ1v) is 9.99. The fraction of sp³-hybridized carbons (Fsp3) is 0.278. The fourth-order valence-electron chi connectivity index (χ4n) is 2.22. The average Bonchev–Trinajstić information content (AvgIpc) is 2.97. The van der Waals surface area contributed by atoms with Gasteiger partial charge in [0, 0.05) is 17.9 Å². The highest BCUT2D eigenvalue weighted by atomic mass is 32.2. The molecule has 2 rings (SSSR count). The number of nitrogens with one attached hydrogen (secondary N) is 1. The Kier molecular flexibility index (Phi) is 7.21. The van der Waals surface area contributed by atoms with Crippen molar-refractivity contribution in [2.75, 3.05) is 5.32 Å². The van der Waals surface area contributed by atoms with Crippen molar-refractivity contribution in [3.05, 3.63) is 35.6 Å². The highest BCUT2D eigenvalue weighted by molar-refractivity contribution is 8.01. The summed E-state index contributed by atoms with van der Waals surface area (Å²) in [5.74, 6) is -4.01. The summed E-state index contributed by atoms with van der Waals surface area (Å²) in [5.41, 5.74) is 3.70. The Labute approximate surface area is 181 Å². The Bertz CT molecular complexity index is 1020. The molecule has 0 spiro atoms. The fourth-order valence-corrected chi connectivity index (χ4v) is 4.39. The van der Waals surface area contributed by atoms with E-state index in [-0.39, 0.29) is 15.5 Å². The van der Waals surface area contributed by atoms with E-state index in [2.05, 4.69) is 10.1 Å². The normalized spacial score (nSPS) is 11.7. The monoisotopic (exact) mass is 480 g/mol. The Balaban J connectivity index is 2.25. The molecule has 2 amide bonds. The van der Waals surface area contributed by atoms with Gasteiger partial charge in [-0.1, -0.05) is 11.8 Å². The number of carbonyl (C=O) groups is 3. The van der Waals surface area contributed by atoms with Crippen molar-refractivity contribution in [1.29, 1.82) is 0 Å². The zero-order valence-electron chi connectivity index (χ0n) is 16.3. The Hall–Kier alpha value is -2.80. The van der Waals surface area contributed by atoms with Gasteiger partial charge in [0.25, 0.3) is 11.8 Å². The summed E-state index contributed by atoms with van der Waals surface area (Å²) in [4.78, 5) is 35.2. The molecule has 2 aromatic rings. The van der Waals surface area contributed by atoms with E-state index in [4.69, 9.17) is 10.5 Å². The second-order valence-electron chi connectivity index (χ2n) is 6.47. The molecule has 7 nitrogen and oxygen atoms in total. The molecule has 0 saturated heterocycles. The van der Waals surface area contributed by atoms with Crippen molar-refractivity contribution in [3.8, 4) is 5.75 Å². The lowest BCUT2D eigenvalue weighted by molar-refractivity contribution is -0.274. The molecule has 31 heavy (non-hydrogen) atoms. The number of hydrogen-bond donors (Lipinski definition) is 2. The molecule has 0 aliphatic carbocycles. The van der Waals surface area contributed by atoms with Gasteiger partial charge >= 0.3 is 12.3 Å². The first kappa shape index (κ1) is 24.5. The molecule has 1 aromatic carbocycles. The van der Waals surface area contributed by atoms with Crippen LogP contribution < -0.4 is 15.8 Å². The predicted molar refractivity (Wildman–Crippen MR) is 105 cm³/mol. The highest BCUT2D eigenvalue weighted by Gasteiger charge is 2.33. The van der Waals surface area contributed by atoms with Crippen LogP contribution in [-0.2, 0) is 14.3 Å². The number of nitrogens with two attached hydrogens (primary N) is 1. The second-order valence-corrected chi connectivity index (χ2v) is 8.87. The van der Waals surface area contributed by atoms with Crippen molar-refractivity contribution in [2.24, 2.45) is 5.73 Å². The Morgan fingerprint density at radius 1 is 1.16 bits per heavy atom. The molecule has 0 aliphatic rings. The van der Waals surface area contributed by atoms with Crippen LogP contribution in [0, 0.1) is 5.82 Å². The summed E-state index contributed by atoms with van der Waals surface area (Å²) in [6.45, 7) is 3.82. The van der Waals surface area contributed by atoms with E-state index in [0.717, 1.165) is 42.2 Å². The highest BCUT2D eigenvalue weighted by Crippen LogP contribution is 2.40. The van der Waals surface area contributed by atoms with Gasteiger partial charge < -0.3 is 20.5 Å². The van der Waals surface area contributed by atoms with E-state index in [9.17, 15) is 31.9 Å². The number of anilines is 1. The molecule has 0 radical (unpaired) electrons. The molecule has 1 aromatic heterocycles. The third kappa shape index (κ3) is 6.85. The largest absolute Gasteiger partial charge is 0.573 e. The number of thiophene rings is 1. The van der Waals surface area contributed by atoms with E-state index in [1.165, 1.54) is 19.9 Å². The minimum absolute atomic E-state index is 0.0395. The molecule has 0 fully saturated rings. The zero-order chi connectivity index (χ0) is 23.6. The van der Waals surface area contributed by atoms with Crippen molar-refractivity contribution in [2.45, 2.75) is 41.8 Å². The number of hydrogen-bond acceptors (Lipinski definition) is 7. The van der Waals surface area contributed by atoms with Crippen LogP contribution in [0.3, 0.4) is 0 Å². The summed E-state index contributed by atoms with van der Waals surface area (Å²) >= 11 is 1.68. The molecule has 1 heterocycles. The van der Waals surface area contributed by atoms with E-state index in [1.807, 2.05) is 0 Å². The minimum Gasteiger partial charge on any atom is -0.450 e. The van der Waals surface area contributed by atoms with Crippen LogP contribution in [0.2, 0.25) is 0 Å². The molecule has 0 atom stereocenters. The van der Waals surface area contributed by atoms with Gasteiger partial charge in [-0.05, 0) is 32.0 Å². The number of carbonyl (C=O) groups excluding carboxylic acids is 3. The number of alkyl halides is 3. The van der Waals surface area contributed by atoms with Crippen LogP contribution in [0.15, 0.2) is 33.4 Å². The van der Waals surface area contributed by atoms with Crippen molar-refractivity contribution >= 4 is 45.9 Å². The number of halogens is 4. The van der Waals surface area contributed by atoms with Gasteiger partial charge in [-0.2, -0.15) is 0 Å². The number of esters is 1. The number of primary amides is 1. The Morgan fingerprint density at radius 2 is 1.81 bits per heavy atom. The van der Waals surface area contributed by atoms with Gasteiger partial charge in [0.05, 0.1) is 9.77 Å². The predicted octanol–water partition coefficient (Wildman–Crippen LogP) is 4.32. The van der Waals surface area contributed by atoms with Gasteiger partial charge in [0.15, 0.2) is 5.60 Å². The van der Waals surface area contributed by atoms with E-state index >= 15 is 0 Å². The van der Waals surface area contributed by atoms with Gasteiger partial charge in [-0.25, -0.2) is 4.39 Å². The zero-order valence-corrected chi connectivity index (χ0v) is 17.9. The molecule has 0 bridgehead atoms. The molecule has 13 heteroatoms. The van der Waals surface area contributed by atoms with Crippen LogP contribution >= 0.6 is 23.1 Å². The summed E-state index contributed by atoms with van der Waals surface area (Å²) < 4.78 is 59.8. The van der Waals surface area contributed by atoms with Crippen LogP contribution in [0.1, 0.15) is 31.1 Å². The lowest BCUT2D eigenvalue weighted by Gasteiger charge is -2.22. The summed E-state index contributed by atoms with van der Waals surface area (Å²) in [6.07, 6.45) is -4.96. The molecule has 0 saturated carbocycles. The standard InChI is InChI=1S/C18H16F4N2O5S2/c1-8(25)28-17(2,3)16(27)24-15-10(14(23)26)7-13(31-15)30-12-5-4-9(6-11(12)19)29-18(20,21)22/h4-7H,1-3H3,(H2,23,26)(H,24,27). The maximum absolute atomic E-state index is 14.2. The quantitative estimate of drug-likeness (QED) is 0.452. The van der Waals surface area contributed by atoms with Crippen molar-refractivity contribution < 1.29 is 41.4 Å². The third-order valence-electron chi connectivity index (χ3n) is 3.50. The van der Waals surface area contributed by atoms with Crippen molar-refractivity contribution in [1.82, 2.24) is 0 Å². The molecule has 3 N–H and O–H groups in total. The smallest absolute Gasteiger partial charge is 0.450 e. The molecule has 168 valence electrons. The average molecular weight is 480 g/mol. The van der Waals surface area contributed by atoms with Crippen LogP contribution in [0.25, 0.3) is 0 Å². The van der Waals surface area contributed by atoms with E-state index in [0.29, 0.717) is 10.3 Å². The van der Waals surface area contributed by atoms with E-state index < -0.39 is 41.3 Å².